The van der Waals surface area contributed by atoms with Gasteiger partial charge in [0.15, 0.2) is 5.16 Å². The molecule has 2 aromatic carbocycles. The summed E-state index contributed by atoms with van der Waals surface area (Å²) >= 11 is 2.85. The van der Waals surface area contributed by atoms with Crippen LogP contribution in [0.5, 0.6) is 0 Å². The van der Waals surface area contributed by atoms with Gasteiger partial charge in [0.25, 0.3) is 5.56 Å². The van der Waals surface area contributed by atoms with Crippen molar-refractivity contribution in [3.63, 3.8) is 0 Å². The number of carbonyl (C=O) groups excluding carboxylic acids is 1. The standard InChI is InChI=1S/C27H27N3O3S2/c1-2-33-23(31)18-34-27-28-25-24(26(32)30(27)20-11-7-4-8-12-20)21-14-16-29(17-22(21)35-25)15-13-19-9-5-3-6-10-19/h3-12H,2,13-18H2,1H3. The van der Waals surface area contributed by atoms with Gasteiger partial charge in [-0.1, -0.05) is 60.3 Å². The minimum absolute atomic E-state index is 0.0669. The number of hydrogen-bond acceptors (Lipinski definition) is 7. The van der Waals surface area contributed by atoms with E-state index < -0.39 is 0 Å². The number of thioether (sulfide) groups is 1. The summed E-state index contributed by atoms with van der Waals surface area (Å²) in [5, 5.41) is 1.23. The Bertz CT molecular complexity index is 1380. The van der Waals surface area contributed by atoms with Crippen LogP contribution in [0.15, 0.2) is 70.6 Å². The van der Waals surface area contributed by atoms with Gasteiger partial charge in [-0.15, -0.1) is 11.3 Å². The van der Waals surface area contributed by atoms with Gasteiger partial charge in [-0.2, -0.15) is 0 Å². The van der Waals surface area contributed by atoms with Gasteiger partial charge in [0.05, 0.1) is 23.4 Å². The molecule has 0 unspecified atom stereocenters. The van der Waals surface area contributed by atoms with Gasteiger partial charge in [-0.05, 0) is 43.0 Å². The van der Waals surface area contributed by atoms with E-state index in [4.69, 9.17) is 9.72 Å². The lowest BCUT2D eigenvalue weighted by atomic mass is 10.0. The maximum absolute atomic E-state index is 13.8. The van der Waals surface area contributed by atoms with Crippen molar-refractivity contribution >= 4 is 39.3 Å². The second-order valence-corrected chi connectivity index (χ2v) is 10.4. The molecule has 1 aliphatic heterocycles. The lowest BCUT2D eigenvalue weighted by Gasteiger charge is -2.26. The number of esters is 1. The molecule has 0 atom stereocenters. The summed E-state index contributed by atoms with van der Waals surface area (Å²) in [6.45, 7) is 4.86. The van der Waals surface area contributed by atoms with Crippen molar-refractivity contribution in [2.75, 3.05) is 25.4 Å². The van der Waals surface area contributed by atoms with Crippen LogP contribution in [0.1, 0.15) is 22.9 Å². The second-order valence-electron chi connectivity index (χ2n) is 8.41. The van der Waals surface area contributed by atoms with E-state index in [0.29, 0.717) is 11.8 Å². The van der Waals surface area contributed by atoms with Crippen LogP contribution in [0.3, 0.4) is 0 Å². The molecule has 0 radical (unpaired) electrons. The molecule has 6 nitrogen and oxygen atoms in total. The molecule has 8 heteroatoms. The molecule has 4 aromatic rings. The number of benzene rings is 2. The number of rotatable bonds is 8. The summed E-state index contributed by atoms with van der Waals surface area (Å²) in [6.07, 6.45) is 1.85. The molecule has 0 aliphatic carbocycles. The van der Waals surface area contributed by atoms with Crippen molar-refractivity contribution in [1.82, 2.24) is 14.5 Å². The van der Waals surface area contributed by atoms with E-state index in [9.17, 15) is 9.59 Å². The zero-order chi connectivity index (χ0) is 24.2. The average molecular weight is 506 g/mol. The van der Waals surface area contributed by atoms with Gasteiger partial charge in [0, 0.05) is 24.5 Å². The number of hydrogen-bond donors (Lipinski definition) is 0. The van der Waals surface area contributed by atoms with Crippen molar-refractivity contribution in [3.8, 4) is 5.69 Å². The van der Waals surface area contributed by atoms with Gasteiger partial charge in [0.1, 0.15) is 4.83 Å². The molecule has 0 bridgehead atoms. The largest absolute Gasteiger partial charge is 0.465 e. The van der Waals surface area contributed by atoms with Crippen molar-refractivity contribution < 1.29 is 9.53 Å². The molecule has 35 heavy (non-hydrogen) atoms. The summed E-state index contributed by atoms with van der Waals surface area (Å²) in [4.78, 5) is 35.2. The van der Waals surface area contributed by atoms with E-state index in [1.54, 1.807) is 22.8 Å². The van der Waals surface area contributed by atoms with Crippen LogP contribution < -0.4 is 5.56 Å². The van der Waals surface area contributed by atoms with E-state index in [-0.39, 0.29) is 17.3 Å². The van der Waals surface area contributed by atoms with E-state index >= 15 is 0 Å². The van der Waals surface area contributed by atoms with Crippen molar-refractivity contribution in [2.45, 2.75) is 31.5 Å². The van der Waals surface area contributed by atoms with Gasteiger partial charge in [-0.25, -0.2) is 4.98 Å². The van der Waals surface area contributed by atoms with Crippen LogP contribution in [-0.4, -0.2) is 45.9 Å². The molecule has 0 spiro atoms. The smallest absolute Gasteiger partial charge is 0.316 e. The van der Waals surface area contributed by atoms with Gasteiger partial charge < -0.3 is 4.74 Å². The Labute approximate surface area is 212 Å². The van der Waals surface area contributed by atoms with Crippen LogP contribution >= 0.6 is 23.1 Å². The quantitative estimate of drug-likeness (QED) is 0.196. The highest BCUT2D eigenvalue weighted by Crippen LogP contribution is 2.34. The van der Waals surface area contributed by atoms with E-state index in [1.807, 2.05) is 36.4 Å². The minimum Gasteiger partial charge on any atom is -0.465 e. The fraction of sp³-hybridized carbons (Fsp3) is 0.296. The lowest BCUT2D eigenvalue weighted by molar-refractivity contribution is -0.139. The van der Waals surface area contributed by atoms with Crippen molar-refractivity contribution in [1.29, 1.82) is 0 Å². The zero-order valence-electron chi connectivity index (χ0n) is 19.6. The third-order valence-electron chi connectivity index (χ3n) is 6.12. The van der Waals surface area contributed by atoms with Crippen molar-refractivity contribution in [3.05, 3.63) is 87.0 Å². The Kier molecular flexibility index (Phi) is 7.32. The topological polar surface area (TPSA) is 64.4 Å². The number of ether oxygens (including phenoxy) is 1. The fourth-order valence-electron chi connectivity index (χ4n) is 4.43. The molecule has 2 aromatic heterocycles. The highest BCUT2D eigenvalue weighted by molar-refractivity contribution is 7.99. The highest BCUT2D eigenvalue weighted by atomic mass is 32.2. The molecule has 5 rings (SSSR count). The second kappa shape index (κ2) is 10.8. The number of aromatic nitrogens is 2. The Morgan fingerprint density at radius 1 is 1.11 bits per heavy atom. The van der Waals surface area contributed by atoms with E-state index in [2.05, 4.69) is 29.2 Å². The van der Waals surface area contributed by atoms with Crippen LogP contribution in [0.2, 0.25) is 0 Å². The Morgan fingerprint density at radius 2 is 1.86 bits per heavy atom. The SMILES string of the molecule is CCOC(=O)CSc1nc2sc3c(c2c(=O)n1-c1ccccc1)CCN(CCc1ccccc1)C3. The molecule has 0 saturated carbocycles. The van der Waals surface area contributed by atoms with Crippen LogP contribution in [0.4, 0.5) is 0 Å². The Hall–Kier alpha value is -2.94. The zero-order valence-corrected chi connectivity index (χ0v) is 21.2. The average Bonchev–Trinajstić information content (AvgIpc) is 3.25. The highest BCUT2D eigenvalue weighted by Gasteiger charge is 2.26. The predicted octanol–water partition coefficient (Wildman–Crippen LogP) is 4.70. The molecular weight excluding hydrogens is 478 g/mol. The van der Waals surface area contributed by atoms with Crippen LogP contribution in [-0.2, 0) is 28.9 Å². The molecule has 0 N–H and O–H groups in total. The lowest BCUT2D eigenvalue weighted by Crippen LogP contribution is -2.32. The van der Waals surface area contributed by atoms with Gasteiger partial charge in [0.2, 0.25) is 0 Å². The summed E-state index contributed by atoms with van der Waals surface area (Å²) in [6, 6.07) is 20.1. The molecular formula is C27H27N3O3S2. The summed E-state index contributed by atoms with van der Waals surface area (Å²) in [5.74, 6) is -0.206. The molecule has 1 aliphatic rings. The maximum atomic E-state index is 13.8. The predicted molar refractivity (Wildman–Crippen MR) is 142 cm³/mol. The fourth-order valence-corrected chi connectivity index (χ4v) is 6.54. The van der Waals surface area contributed by atoms with Crippen molar-refractivity contribution in [2.24, 2.45) is 0 Å². The Morgan fingerprint density at radius 3 is 2.60 bits per heavy atom. The first-order valence-corrected chi connectivity index (χ1v) is 13.6. The van der Waals surface area contributed by atoms with Crippen LogP contribution in [0.25, 0.3) is 15.9 Å². The molecule has 3 heterocycles. The number of thiophene rings is 1. The molecule has 0 saturated heterocycles. The van der Waals surface area contributed by atoms with E-state index in [1.165, 1.54) is 22.2 Å². The Balaban J connectivity index is 1.47. The first-order valence-electron chi connectivity index (χ1n) is 11.8. The third-order valence-corrected chi connectivity index (χ3v) is 8.14. The van der Waals surface area contributed by atoms with Crippen LogP contribution in [0, 0.1) is 0 Å². The minimum atomic E-state index is -0.314. The summed E-state index contributed by atoms with van der Waals surface area (Å²) < 4.78 is 6.72. The first-order chi connectivity index (χ1) is 17.1. The molecule has 180 valence electrons. The maximum Gasteiger partial charge on any atom is 0.316 e. The summed E-state index contributed by atoms with van der Waals surface area (Å²) in [7, 11) is 0. The van der Waals surface area contributed by atoms with E-state index in [0.717, 1.165) is 53.9 Å². The molecule has 0 fully saturated rings. The normalized spacial score (nSPS) is 13.6. The third kappa shape index (κ3) is 5.19. The number of carbonyl (C=O) groups is 1. The first kappa shape index (κ1) is 23.8. The molecule has 0 amide bonds. The number of para-hydroxylation sites is 1. The van der Waals surface area contributed by atoms with Gasteiger partial charge in [-0.3, -0.25) is 19.1 Å². The van der Waals surface area contributed by atoms with Gasteiger partial charge >= 0.3 is 5.97 Å². The number of fused-ring (bicyclic) bond motifs is 3. The number of nitrogens with zero attached hydrogens (tertiary/aromatic N) is 3. The summed E-state index contributed by atoms with van der Waals surface area (Å²) in [5.41, 5.74) is 3.15. The monoisotopic (exact) mass is 505 g/mol.